The van der Waals surface area contributed by atoms with Crippen LogP contribution in [0.3, 0.4) is 0 Å². The van der Waals surface area contributed by atoms with E-state index in [2.05, 4.69) is 15.3 Å². The first-order valence-electron chi connectivity index (χ1n) is 6.97. The number of aryl methyl sites for hydroxylation is 2. The quantitative estimate of drug-likeness (QED) is 0.657. The average molecular weight is 349 g/mol. The Morgan fingerprint density at radius 3 is 2.61 bits per heavy atom. The Morgan fingerprint density at radius 1 is 1.17 bits per heavy atom. The van der Waals surface area contributed by atoms with Crippen LogP contribution in [-0.4, -0.2) is 20.0 Å². The highest BCUT2D eigenvalue weighted by atomic mass is 35.5. The van der Waals surface area contributed by atoms with E-state index < -0.39 is 0 Å². The fraction of sp³-hybridized carbons (Fsp3) is 0.188. The molecule has 7 heteroatoms. The Labute approximate surface area is 142 Å². The zero-order valence-corrected chi connectivity index (χ0v) is 14.2. The van der Waals surface area contributed by atoms with E-state index in [0.29, 0.717) is 27.2 Å². The molecule has 0 aliphatic rings. The zero-order valence-electron chi connectivity index (χ0n) is 12.6. The molecule has 4 nitrogen and oxygen atoms in total. The maximum atomic E-state index is 13.7. The number of benzene rings is 1. The van der Waals surface area contributed by atoms with Gasteiger partial charge in [-0.05, 0) is 44.2 Å². The predicted octanol–water partition coefficient (Wildman–Crippen LogP) is 4.36. The number of nitrogens with zero attached hydrogens (tertiary/aromatic N) is 4. The Kier molecular flexibility index (Phi) is 4.63. The molecule has 0 amide bonds. The molecule has 23 heavy (non-hydrogen) atoms. The van der Waals surface area contributed by atoms with Crippen molar-refractivity contribution in [3.8, 4) is 5.82 Å². The Bertz CT molecular complexity index is 812. The second-order valence-corrected chi connectivity index (χ2v) is 6.46. The largest absolute Gasteiger partial charge is 0.218 e. The van der Waals surface area contributed by atoms with Crippen LogP contribution in [0.1, 0.15) is 17.0 Å². The van der Waals surface area contributed by atoms with Gasteiger partial charge in [0.15, 0.2) is 5.82 Å². The summed E-state index contributed by atoms with van der Waals surface area (Å²) in [5.41, 5.74) is 2.40. The summed E-state index contributed by atoms with van der Waals surface area (Å²) >= 11 is 7.41. The van der Waals surface area contributed by atoms with E-state index in [1.165, 1.54) is 17.8 Å². The van der Waals surface area contributed by atoms with Crippen molar-refractivity contribution in [3.05, 3.63) is 64.2 Å². The van der Waals surface area contributed by atoms with E-state index in [1.807, 2.05) is 32.0 Å². The molecule has 3 aromatic rings. The lowest BCUT2D eigenvalue weighted by Gasteiger charge is -2.06. The Balaban J connectivity index is 1.74. The predicted molar refractivity (Wildman–Crippen MR) is 89.6 cm³/mol. The second-order valence-electron chi connectivity index (χ2n) is 5.06. The molecular weight excluding hydrogens is 335 g/mol. The molecule has 2 heterocycles. The maximum Gasteiger partial charge on any atom is 0.175 e. The molecule has 0 fully saturated rings. The SMILES string of the molecule is Cc1cc(C)n(-c2ccc(SCc3c(F)cccc3Cl)nn2)n1. The van der Waals surface area contributed by atoms with Gasteiger partial charge in [-0.3, -0.25) is 0 Å². The topological polar surface area (TPSA) is 43.6 Å². The summed E-state index contributed by atoms with van der Waals surface area (Å²) < 4.78 is 15.5. The van der Waals surface area contributed by atoms with E-state index in [0.717, 1.165) is 11.4 Å². The molecule has 3 rings (SSSR count). The van der Waals surface area contributed by atoms with Gasteiger partial charge in [-0.1, -0.05) is 29.4 Å². The summed E-state index contributed by atoms with van der Waals surface area (Å²) in [5, 5.41) is 13.8. The van der Waals surface area contributed by atoms with E-state index >= 15 is 0 Å². The van der Waals surface area contributed by atoms with Crippen molar-refractivity contribution in [1.82, 2.24) is 20.0 Å². The number of hydrogen-bond donors (Lipinski definition) is 0. The summed E-state index contributed by atoms with van der Waals surface area (Å²) in [6, 6.07) is 10.3. The average Bonchev–Trinajstić information content (AvgIpc) is 2.86. The van der Waals surface area contributed by atoms with Crippen molar-refractivity contribution in [3.63, 3.8) is 0 Å². The van der Waals surface area contributed by atoms with E-state index in [1.54, 1.807) is 16.8 Å². The molecule has 2 aromatic heterocycles. The van der Waals surface area contributed by atoms with Gasteiger partial charge in [-0.25, -0.2) is 9.07 Å². The highest BCUT2D eigenvalue weighted by Crippen LogP contribution is 2.27. The van der Waals surface area contributed by atoms with Gasteiger partial charge in [-0.15, -0.1) is 10.2 Å². The van der Waals surface area contributed by atoms with Crippen LogP contribution in [0.4, 0.5) is 4.39 Å². The van der Waals surface area contributed by atoms with Crippen LogP contribution in [0.25, 0.3) is 5.82 Å². The van der Waals surface area contributed by atoms with E-state index in [-0.39, 0.29) is 5.82 Å². The first-order chi connectivity index (χ1) is 11.0. The van der Waals surface area contributed by atoms with Gasteiger partial charge in [0.1, 0.15) is 10.8 Å². The lowest BCUT2D eigenvalue weighted by molar-refractivity contribution is 0.617. The molecule has 0 saturated heterocycles. The molecule has 0 aliphatic heterocycles. The number of thioether (sulfide) groups is 1. The number of aromatic nitrogens is 4. The third kappa shape index (κ3) is 3.54. The molecule has 0 bridgehead atoms. The molecule has 0 unspecified atom stereocenters. The van der Waals surface area contributed by atoms with Gasteiger partial charge in [0.25, 0.3) is 0 Å². The Hall–Kier alpha value is -1.92. The molecule has 0 aliphatic carbocycles. The van der Waals surface area contributed by atoms with Crippen LogP contribution in [-0.2, 0) is 5.75 Å². The normalized spacial score (nSPS) is 11.0. The summed E-state index contributed by atoms with van der Waals surface area (Å²) in [5.74, 6) is 0.750. The van der Waals surface area contributed by atoms with Gasteiger partial charge in [0, 0.05) is 22.0 Å². The molecule has 118 valence electrons. The van der Waals surface area contributed by atoms with Crippen LogP contribution in [0, 0.1) is 19.7 Å². The van der Waals surface area contributed by atoms with Crippen LogP contribution < -0.4 is 0 Å². The summed E-state index contributed by atoms with van der Waals surface area (Å²) in [6.45, 7) is 3.89. The van der Waals surface area contributed by atoms with E-state index in [9.17, 15) is 4.39 Å². The van der Waals surface area contributed by atoms with Crippen molar-refractivity contribution in [2.45, 2.75) is 24.6 Å². The first-order valence-corrected chi connectivity index (χ1v) is 8.34. The summed E-state index contributed by atoms with van der Waals surface area (Å²) in [4.78, 5) is 0. The Morgan fingerprint density at radius 2 is 2.00 bits per heavy atom. The van der Waals surface area contributed by atoms with Crippen molar-refractivity contribution in [2.24, 2.45) is 0 Å². The highest BCUT2D eigenvalue weighted by Gasteiger charge is 2.09. The maximum absolute atomic E-state index is 13.7. The van der Waals surface area contributed by atoms with Gasteiger partial charge in [0.05, 0.1) is 5.69 Å². The number of rotatable bonds is 4. The molecule has 0 N–H and O–H groups in total. The highest BCUT2D eigenvalue weighted by molar-refractivity contribution is 7.98. The second kappa shape index (κ2) is 6.68. The van der Waals surface area contributed by atoms with Crippen molar-refractivity contribution in [2.75, 3.05) is 0 Å². The minimum atomic E-state index is -0.308. The molecule has 0 saturated carbocycles. The molecule has 0 radical (unpaired) electrons. The van der Waals surface area contributed by atoms with Crippen LogP contribution in [0.15, 0.2) is 41.4 Å². The number of halogens is 2. The van der Waals surface area contributed by atoms with Crippen LogP contribution >= 0.6 is 23.4 Å². The van der Waals surface area contributed by atoms with Gasteiger partial charge >= 0.3 is 0 Å². The minimum absolute atomic E-state index is 0.308. The van der Waals surface area contributed by atoms with Gasteiger partial charge in [0.2, 0.25) is 0 Å². The molecule has 0 atom stereocenters. The molecule has 1 aromatic carbocycles. The van der Waals surface area contributed by atoms with Crippen molar-refractivity contribution < 1.29 is 4.39 Å². The monoisotopic (exact) mass is 348 g/mol. The lowest BCUT2D eigenvalue weighted by atomic mass is 10.2. The van der Waals surface area contributed by atoms with Crippen molar-refractivity contribution >= 4 is 23.4 Å². The minimum Gasteiger partial charge on any atom is -0.218 e. The summed E-state index contributed by atoms with van der Waals surface area (Å²) in [7, 11) is 0. The fourth-order valence-corrected chi connectivity index (χ4v) is 3.34. The summed E-state index contributed by atoms with van der Waals surface area (Å²) in [6.07, 6.45) is 0. The molecule has 0 spiro atoms. The fourth-order valence-electron chi connectivity index (χ4n) is 2.18. The third-order valence-electron chi connectivity index (χ3n) is 3.28. The van der Waals surface area contributed by atoms with Crippen LogP contribution in [0.5, 0.6) is 0 Å². The van der Waals surface area contributed by atoms with Crippen molar-refractivity contribution in [1.29, 1.82) is 0 Å². The zero-order chi connectivity index (χ0) is 16.4. The van der Waals surface area contributed by atoms with Crippen LogP contribution in [0.2, 0.25) is 5.02 Å². The molecular formula is C16H14ClFN4S. The van der Waals surface area contributed by atoms with Gasteiger partial charge in [-0.2, -0.15) is 5.10 Å². The van der Waals surface area contributed by atoms with Gasteiger partial charge < -0.3 is 0 Å². The lowest BCUT2D eigenvalue weighted by Crippen LogP contribution is -2.03. The third-order valence-corrected chi connectivity index (χ3v) is 4.58. The standard InChI is InChI=1S/C16H14ClFN4S/c1-10-8-11(2)22(21-10)15-6-7-16(20-19-15)23-9-12-13(17)4-3-5-14(12)18/h3-8H,9H2,1-2H3. The first kappa shape index (κ1) is 16.0. The van der Waals surface area contributed by atoms with E-state index in [4.69, 9.17) is 11.6 Å². The smallest absolute Gasteiger partial charge is 0.175 e. The number of hydrogen-bond acceptors (Lipinski definition) is 4.